The molecule has 0 radical (unpaired) electrons. The molecule has 4 nitrogen and oxygen atoms in total. The molecule has 1 rings (SSSR count). The predicted molar refractivity (Wildman–Crippen MR) is 78.2 cm³/mol. The summed E-state index contributed by atoms with van der Waals surface area (Å²) in [6, 6.07) is 6.91. The minimum atomic E-state index is -3.13. The number of hydrogen-bond acceptors (Lipinski definition) is 4. The van der Waals surface area contributed by atoms with Gasteiger partial charge >= 0.3 is 0 Å². The summed E-state index contributed by atoms with van der Waals surface area (Å²) >= 11 is 5.77. The van der Waals surface area contributed by atoms with Gasteiger partial charge in [0.25, 0.3) is 0 Å². The second-order valence-electron chi connectivity index (χ2n) is 5.23. The molecule has 0 spiro atoms. The first kappa shape index (κ1) is 16.4. The van der Waals surface area contributed by atoms with Crippen LogP contribution >= 0.6 is 11.6 Å². The molecular weight excluding hydrogens is 286 g/mol. The fourth-order valence-electron chi connectivity index (χ4n) is 1.44. The van der Waals surface area contributed by atoms with Gasteiger partial charge in [0, 0.05) is 24.4 Å². The molecule has 0 bridgehead atoms. The summed E-state index contributed by atoms with van der Waals surface area (Å²) in [4.78, 5) is 0. The Kier molecular flexibility index (Phi) is 5.38. The zero-order valence-electron chi connectivity index (χ0n) is 11.4. The smallest absolute Gasteiger partial charge is 0.153 e. The van der Waals surface area contributed by atoms with E-state index < -0.39 is 20.7 Å². The van der Waals surface area contributed by atoms with Crippen LogP contribution in [0, 0.1) is 0 Å². The van der Waals surface area contributed by atoms with Crippen LogP contribution in [0.5, 0.6) is 0 Å². The van der Waals surface area contributed by atoms with Crippen molar-refractivity contribution in [2.75, 3.05) is 19.3 Å². The van der Waals surface area contributed by atoms with E-state index in [-0.39, 0.29) is 6.54 Å². The normalized spacial score (nSPS) is 14.4. The highest BCUT2D eigenvalue weighted by Crippen LogP contribution is 2.17. The molecule has 6 heteroatoms. The molecule has 0 saturated heterocycles. The summed E-state index contributed by atoms with van der Waals surface area (Å²) < 4.78 is 22.2. The van der Waals surface area contributed by atoms with Crippen molar-refractivity contribution in [3.05, 3.63) is 34.9 Å². The van der Waals surface area contributed by atoms with E-state index in [0.717, 1.165) is 5.56 Å². The molecule has 0 aliphatic carbocycles. The van der Waals surface area contributed by atoms with Crippen molar-refractivity contribution in [2.24, 2.45) is 0 Å². The van der Waals surface area contributed by atoms with Crippen LogP contribution in [0.1, 0.15) is 25.5 Å². The van der Waals surface area contributed by atoms with Crippen LogP contribution < -0.4 is 5.32 Å². The maximum atomic E-state index is 11.5. The zero-order valence-corrected chi connectivity index (χ0v) is 12.9. The van der Waals surface area contributed by atoms with Crippen LogP contribution in [0.25, 0.3) is 0 Å². The highest BCUT2D eigenvalue weighted by atomic mass is 35.5. The number of aliphatic hydroxyl groups is 1. The Morgan fingerprint density at radius 2 is 1.84 bits per heavy atom. The van der Waals surface area contributed by atoms with Gasteiger partial charge in [0.2, 0.25) is 0 Å². The van der Waals surface area contributed by atoms with Crippen molar-refractivity contribution in [2.45, 2.75) is 24.7 Å². The predicted octanol–water partition coefficient (Wildman–Crippen LogP) is 1.79. The molecule has 0 aliphatic rings. The van der Waals surface area contributed by atoms with Crippen LogP contribution in [0.3, 0.4) is 0 Å². The third-order valence-corrected chi connectivity index (χ3v) is 5.55. The summed E-state index contributed by atoms with van der Waals surface area (Å²) in [5.74, 6) is 0. The average molecular weight is 306 g/mol. The van der Waals surface area contributed by atoms with Gasteiger partial charge in [-0.3, -0.25) is 0 Å². The largest absolute Gasteiger partial charge is 0.387 e. The molecule has 1 aromatic carbocycles. The molecule has 108 valence electrons. The highest BCUT2D eigenvalue weighted by molar-refractivity contribution is 7.92. The number of rotatable bonds is 6. The highest BCUT2D eigenvalue weighted by Gasteiger charge is 2.29. The molecule has 0 aliphatic heterocycles. The summed E-state index contributed by atoms with van der Waals surface area (Å²) in [7, 11) is -3.13. The Hall–Kier alpha value is -0.620. The lowest BCUT2D eigenvalue weighted by atomic mass is 10.1. The minimum Gasteiger partial charge on any atom is -0.387 e. The molecule has 1 aromatic rings. The lowest BCUT2D eigenvalue weighted by Gasteiger charge is -2.23. The summed E-state index contributed by atoms with van der Waals surface area (Å²) in [5.41, 5.74) is 0.745. The molecule has 1 atom stereocenters. The average Bonchev–Trinajstić information content (AvgIpc) is 2.28. The van der Waals surface area contributed by atoms with Gasteiger partial charge in [-0.1, -0.05) is 23.7 Å². The van der Waals surface area contributed by atoms with E-state index in [1.807, 2.05) is 0 Å². The molecule has 2 N–H and O–H groups in total. The van der Waals surface area contributed by atoms with Crippen LogP contribution in [0.4, 0.5) is 0 Å². The zero-order chi connectivity index (χ0) is 14.7. The van der Waals surface area contributed by atoms with E-state index in [1.54, 1.807) is 38.1 Å². The summed E-state index contributed by atoms with van der Waals surface area (Å²) in [5, 5.41) is 13.6. The maximum Gasteiger partial charge on any atom is 0.153 e. The molecule has 1 unspecified atom stereocenters. The maximum absolute atomic E-state index is 11.5. The van der Waals surface area contributed by atoms with Crippen LogP contribution in [0.15, 0.2) is 24.3 Å². The Balaban J connectivity index is 2.52. The first-order valence-corrected chi connectivity index (χ1v) is 8.24. The van der Waals surface area contributed by atoms with Gasteiger partial charge < -0.3 is 10.4 Å². The Morgan fingerprint density at radius 1 is 1.32 bits per heavy atom. The molecule has 0 saturated carbocycles. The van der Waals surface area contributed by atoms with Crippen molar-refractivity contribution in [1.29, 1.82) is 0 Å². The standard InChI is InChI=1S/C13H20ClNO3S/c1-13(2,19(3,17)18)9-15-8-12(16)10-4-6-11(14)7-5-10/h4-7,12,15-16H,8-9H2,1-3H3. The summed E-state index contributed by atoms with van der Waals surface area (Å²) in [6.07, 6.45) is 0.525. The molecular formula is C13H20ClNO3S. The third kappa shape index (κ3) is 4.76. The van der Waals surface area contributed by atoms with E-state index in [0.29, 0.717) is 11.6 Å². The van der Waals surface area contributed by atoms with Gasteiger partial charge in [-0.25, -0.2) is 8.42 Å². The number of nitrogens with one attached hydrogen (secondary N) is 1. The molecule has 0 heterocycles. The van der Waals surface area contributed by atoms with Gasteiger partial charge in [0.15, 0.2) is 9.84 Å². The first-order valence-electron chi connectivity index (χ1n) is 5.97. The van der Waals surface area contributed by atoms with Crippen LogP contribution in [-0.4, -0.2) is 37.6 Å². The number of benzene rings is 1. The van der Waals surface area contributed by atoms with Crippen molar-refractivity contribution < 1.29 is 13.5 Å². The van der Waals surface area contributed by atoms with E-state index >= 15 is 0 Å². The van der Waals surface area contributed by atoms with Gasteiger partial charge in [0.05, 0.1) is 10.9 Å². The first-order chi connectivity index (χ1) is 8.63. The topological polar surface area (TPSA) is 66.4 Å². The van der Waals surface area contributed by atoms with E-state index in [1.165, 1.54) is 6.26 Å². The molecule has 0 fully saturated rings. The monoisotopic (exact) mass is 305 g/mol. The van der Waals surface area contributed by atoms with E-state index in [4.69, 9.17) is 11.6 Å². The molecule has 19 heavy (non-hydrogen) atoms. The number of hydrogen-bond donors (Lipinski definition) is 2. The third-order valence-electron chi connectivity index (χ3n) is 3.15. The fraction of sp³-hybridized carbons (Fsp3) is 0.538. The van der Waals surface area contributed by atoms with Crippen molar-refractivity contribution in [3.8, 4) is 0 Å². The minimum absolute atomic E-state index is 0.288. The van der Waals surface area contributed by atoms with Crippen LogP contribution in [-0.2, 0) is 9.84 Å². The van der Waals surface area contributed by atoms with Crippen molar-refractivity contribution in [3.63, 3.8) is 0 Å². The van der Waals surface area contributed by atoms with Crippen molar-refractivity contribution in [1.82, 2.24) is 5.32 Å². The van der Waals surface area contributed by atoms with Gasteiger partial charge in [-0.05, 0) is 31.5 Å². The van der Waals surface area contributed by atoms with E-state index in [2.05, 4.69) is 5.32 Å². The molecule has 0 amide bonds. The number of aliphatic hydroxyl groups excluding tert-OH is 1. The fourth-order valence-corrected chi connectivity index (χ4v) is 1.93. The van der Waals surface area contributed by atoms with E-state index in [9.17, 15) is 13.5 Å². The molecule has 0 aromatic heterocycles. The van der Waals surface area contributed by atoms with Crippen molar-refractivity contribution >= 4 is 21.4 Å². The van der Waals surface area contributed by atoms with Gasteiger partial charge in [-0.2, -0.15) is 0 Å². The second-order valence-corrected chi connectivity index (χ2v) is 8.32. The second kappa shape index (κ2) is 6.22. The number of sulfone groups is 1. The SMILES string of the molecule is CC(C)(CNCC(O)c1ccc(Cl)cc1)S(C)(=O)=O. The Labute approximate surface area is 119 Å². The number of halogens is 1. The lowest BCUT2D eigenvalue weighted by Crippen LogP contribution is -2.42. The van der Waals surface area contributed by atoms with Crippen LogP contribution in [0.2, 0.25) is 5.02 Å². The lowest BCUT2D eigenvalue weighted by molar-refractivity contribution is 0.174. The van der Waals surface area contributed by atoms with Gasteiger partial charge in [0.1, 0.15) is 0 Å². The summed E-state index contributed by atoms with van der Waals surface area (Å²) in [6.45, 7) is 3.89. The van der Waals surface area contributed by atoms with Gasteiger partial charge in [-0.15, -0.1) is 0 Å². The quantitative estimate of drug-likeness (QED) is 0.841. The Morgan fingerprint density at radius 3 is 2.32 bits per heavy atom. The Bertz CT molecular complexity index is 511.